The number of methoxy groups -OCH3 is 2. The molecule has 2 aromatic carbocycles. The maximum absolute atomic E-state index is 13.0. The molecule has 5 nitrogen and oxygen atoms in total. The van der Waals surface area contributed by atoms with Crippen LogP contribution in [0, 0.1) is 0 Å². The molecule has 0 spiro atoms. The summed E-state index contributed by atoms with van der Waals surface area (Å²) >= 11 is 0. The fourth-order valence-electron chi connectivity index (χ4n) is 3.58. The minimum Gasteiger partial charge on any atom is -0.497 e. The quantitative estimate of drug-likeness (QED) is 0.725. The van der Waals surface area contributed by atoms with E-state index in [-0.39, 0.29) is 24.2 Å². The van der Waals surface area contributed by atoms with Gasteiger partial charge in [0.25, 0.3) is 5.91 Å². The Morgan fingerprint density at radius 3 is 2.52 bits per heavy atom. The zero-order chi connectivity index (χ0) is 19.2. The van der Waals surface area contributed by atoms with E-state index >= 15 is 0 Å². The predicted octanol–water partition coefficient (Wildman–Crippen LogP) is 3.97. The smallest absolute Gasteiger partial charge is 0.254 e. The molecule has 0 saturated carbocycles. The zero-order valence-electron chi connectivity index (χ0n) is 15.8. The number of ketones is 1. The molecule has 1 aliphatic heterocycles. The van der Waals surface area contributed by atoms with Crippen molar-refractivity contribution in [3.63, 3.8) is 0 Å². The van der Waals surface area contributed by atoms with E-state index in [1.807, 2.05) is 35.2 Å². The van der Waals surface area contributed by atoms with Crippen LogP contribution in [0.4, 0.5) is 0 Å². The van der Waals surface area contributed by atoms with Crippen molar-refractivity contribution in [2.24, 2.45) is 0 Å². The normalized spacial score (nSPS) is 16.7. The lowest BCUT2D eigenvalue weighted by Crippen LogP contribution is -2.44. The standard InChI is InChI=1S/C22H25NO4/c1-26-18-11-12-21(27-2)19(15-18)20(24)14-17-10-6-7-13-23(17)22(25)16-8-4-3-5-9-16/h3-5,8-9,11-12,15,17H,6-7,10,13-14H2,1-2H3. The molecule has 3 rings (SSSR count). The molecule has 1 saturated heterocycles. The highest BCUT2D eigenvalue weighted by Gasteiger charge is 2.30. The number of nitrogens with zero attached hydrogens (tertiary/aromatic N) is 1. The Balaban J connectivity index is 1.80. The number of likely N-dealkylation sites (tertiary alicyclic amines) is 1. The van der Waals surface area contributed by atoms with Crippen LogP contribution in [0.15, 0.2) is 48.5 Å². The molecule has 1 unspecified atom stereocenters. The van der Waals surface area contributed by atoms with Gasteiger partial charge in [-0.3, -0.25) is 9.59 Å². The minimum absolute atomic E-state index is 0.00860. The molecule has 0 bridgehead atoms. The summed E-state index contributed by atoms with van der Waals surface area (Å²) in [7, 11) is 3.11. The summed E-state index contributed by atoms with van der Waals surface area (Å²) in [5, 5.41) is 0. The highest BCUT2D eigenvalue weighted by Crippen LogP contribution is 2.28. The van der Waals surface area contributed by atoms with Crippen molar-refractivity contribution >= 4 is 11.7 Å². The van der Waals surface area contributed by atoms with E-state index in [2.05, 4.69) is 0 Å². The molecule has 0 radical (unpaired) electrons. The minimum atomic E-state index is -0.102. The van der Waals surface area contributed by atoms with E-state index in [9.17, 15) is 9.59 Å². The molecular weight excluding hydrogens is 342 g/mol. The topological polar surface area (TPSA) is 55.8 Å². The number of hydrogen-bond acceptors (Lipinski definition) is 4. The van der Waals surface area contributed by atoms with Crippen LogP contribution < -0.4 is 9.47 Å². The summed E-state index contributed by atoms with van der Waals surface area (Å²) in [6, 6.07) is 14.4. The van der Waals surface area contributed by atoms with Gasteiger partial charge in [0.1, 0.15) is 11.5 Å². The van der Waals surface area contributed by atoms with Crippen molar-refractivity contribution < 1.29 is 19.1 Å². The van der Waals surface area contributed by atoms with Crippen LogP contribution in [0.1, 0.15) is 46.4 Å². The lowest BCUT2D eigenvalue weighted by molar-refractivity contribution is 0.0588. The van der Waals surface area contributed by atoms with Crippen LogP contribution in [0.2, 0.25) is 0 Å². The number of benzene rings is 2. The summed E-state index contributed by atoms with van der Waals surface area (Å²) in [6.07, 6.45) is 3.09. The van der Waals surface area contributed by atoms with E-state index in [0.717, 1.165) is 19.3 Å². The van der Waals surface area contributed by atoms with Crippen molar-refractivity contribution in [1.82, 2.24) is 4.90 Å². The molecule has 1 atom stereocenters. The van der Waals surface area contributed by atoms with Gasteiger partial charge in [0.05, 0.1) is 19.8 Å². The second-order valence-corrected chi connectivity index (χ2v) is 6.71. The van der Waals surface area contributed by atoms with Crippen LogP contribution in [0.25, 0.3) is 0 Å². The summed E-state index contributed by atoms with van der Waals surface area (Å²) < 4.78 is 10.6. The van der Waals surface area contributed by atoms with Gasteiger partial charge < -0.3 is 14.4 Å². The molecule has 1 amide bonds. The van der Waals surface area contributed by atoms with Gasteiger partial charge in [0, 0.05) is 24.6 Å². The maximum Gasteiger partial charge on any atom is 0.254 e. The molecule has 5 heteroatoms. The van der Waals surface area contributed by atoms with E-state index in [4.69, 9.17) is 9.47 Å². The number of Topliss-reactive ketones (excluding diaryl/α,β-unsaturated/α-hetero) is 1. The number of hydrogen-bond donors (Lipinski definition) is 0. The van der Waals surface area contributed by atoms with Crippen molar-refractivity contribution in [2.75, 3.05) is 20.8 Å². The van der Waals surface area contributed by atoms with Gasteiger partial charge in [-0.25, -0.2) is 0 Å². The average Bonchev–Trinajstić information content (AvgIpc) is 2.73. The van der Waals surface area contributed by atoms with Crippen LogP contribution in [0.5, 0.6) is 11.5 Å². The summed E-state index contributed by atoms with van der Waals surface area (Å²) in [5.41, 5.74) is 1.16. The molecule has 27 heavy (non-hydrogen) atoms. The molecule has 2 aromatic rings. The molecule has 0 N–H and O–H groups in total. The summed E-state index contributed by atoms with van der Waals surface area (Å²) in [5.74, 6) is 1.09. The molecule has 142 valence electrons. The van der Waals surface area contributed by atoms with Crippen molar-refractivity contribution in [3.8, 4) is 11.5 Å². The van der Waals surface area contributed by atoms with Gasteiger partial charge >= 0.3 is 0 Å². The number of ether oxygens (including phenoxy) is 2. The number of amides is 1. The lowest BCUT2D eigenvalue weighted by atomic mass is 9.94. The van der Waals surface area contributed by atoms with Gasteiger partial charge in [0.2, 0.25) is 0 Å². The number of carbonyl (C=O) groups is 2. The molecular formula is C22H25NO4. The van der Waals surface area contributed by atoms with Gasteiger partial charge in [-0.15, -0.1) is 0 Å². The highest BCUT2D eigenvalue weighted by atomic mass is 16.5. The second kappa shape index (κ2) is 8.71. The Labute approximate surface area is 159 Å². The third kappa shape index (κ3) is 4.30. The first-order chi connectivity index (χ1) is 13.1. The number of carbonyl (C=O) groups excluding carboxylic acids is 2. The first-order valence-electron chi connectivity index (χ1n) is 9.25. The Hall–Kier alpha value is -2.82. The van der Waals surface area contributed by atoms with Gasteiger partial charge in [-0.05, 0) is 49.6 Å². The second-order valence-electron chi connectivity index (χ2n) is 6.71. The number of rotatable bonds is 6. The fraction of sp³-hybridized carbons (Fsp3) is 0.364. The highest BCUT2D eigenvalue weighted by molar-refractivity contribution is 6.00. The third-order valence-corrected chi connectivity index (χ3v) is 5.04. The van der Waals surface area contributed by atoms with E-state index in [1.165, 1.54) is 0 Å². The van der Waals surface area contributed by atoms with Crippen LogP contribution >= 0.6 is 0 Å². The van der Waals surface area contributed by atoms with E-state index in [1.54, 1.807) is 32.4 Å². The summed E-state index contributed by atoms with van der Waals surface area (Å²) in [4.78, 5) is 27.8. The average molecular weight is 367 g/mol. The van der Waals surface area contributed by atoms with Crippen molar-refractivity contribution in [2.45, 2.75) is 31.7 Å². The van der Waals surface area contributed by atoms with E-state index in [0.29, 0.717) is 29.2 Å². The molecule has 1 heterocycles. The molecule has 1 aliphatic rings. The van der Waals surface area contributed by atoms with Crippen LogP contribution in [-0.4, -0.2) is 43.4 Å². The third-order valence-electron chi connectivity index (χ3n) is 5.04. The summed E-state index contributed by atoms with van der Waals surface area (Å²) in [6.45, 7) is 0.681. The van der Waals surface area contributed by atoms with Crippen molar-refractivity contribution in [1.29, 1.82) is 0 Å². The largest absolute Gasteiger partial charge is 0.497 e. The lowest BCUT2D eigenvalue weighted by Gasteiger charge is -2.35. The Morgan fingerprint density at radius 2 is 1.81 bits per heavy atom. The Bertz CT molecular complexity index is 803. The monoisotopic (exact) mass is 367 g/mol. The number of piperidine rings is 1. The van der Waals surface area contributed by atoms with Crippen LogP contribution in [-0.2, 0) is 0 Å². The van der Waals surface area contributed by atoms with Gasteiger partial charge in [0.15, 0.2) is 5.78 Å². The van der Waals surface area contributed by atoms with Crippen LogP contribution in [0.3, 0.4) is 0 Å². The van der Waals surface area contributed by atoms with Crippen molar-refractivity contribution in [3.05, 3.63) is 59.7 Å². The van der Waals surface area contributed by atoms with Gasteiger partial charge in [-0.1, -0.05) is 18.2 Å². The van der Waals surface area contributed by atoms with E-state index < -0.39 is 0 Å². The first-order valence-corrected chi connectivity index (χ1v) is 9.25. The molecule has 0 aliphatic carbocycles. The predicted molar refractivity (Wildman–Crippen MR) is 104 cm³/mol. The Morgan fingerprint density at radius 1 is 1.04 bits per heavy atom. The zero-order valence-corrected chi connectivity index (χ0v) is 15.8. The molecule has 0 aromatic heterocycles. The molecule has 1 fully saturated rings. The van der Waals surface area contributed by atoms with Gasteiger partial charge in [-0.2, -0.15) is 0 Å². The first kappa shape index (κ1) is 19.0. The maximum atomic E-state index is 13.0. The fourth-order valence-corrected chi connectivity index (χ4v) is 3.58. The SMILES string of the molecule is COc1ccc(OC)c(C(=O)CC2CCCCN2C(=O)c2ccccc2)c1. The Kier molecular flexibility index (Phi) is 6.12.